The van der Waals surface area contributed by atoms with E-state index in [1.54, 1.807) is 70.8 Å². The minimum absolute atomic E-state index is 0.0540. The number of amides is 1. The largest absolute Gasteiger partial charge is 0.493 e. The Kier molecular flexibility index (Phi) is 8.29. The van der Waals surface area contributed by atoms with E-state index in [1.807, 2.05) is 6.92 Å². The average Bonchev–Trinajstić information content (AvgIpc) is 2.76. The van der Waals surface area contributed by atoms with Crippen LogP contribution >= 0.6 is 0 Å². The van der Waals surface area contributed by atoms with Crippen molar-refractivity contribution in [3.63, 3.8) is 0 Å². The van der Waals surface area contributed by atoms with Gasteiger partial charge in [-0.2, -0.15) is 0 Å². The van der Waals surface area contributed by atoms with Gasteiger partial charge < -0.3 is 23.8 Å². The molecule has 2 rings (SSSR count). The van der Waals surface area contributed by atoms with Gasteiger partial charge in [0.15, 0.2) is 23.9 Å². The van der Waals surface area contributed by atoms with Crippen molar-refractivity contribution in [1.82, 2.24) is 4.90 Å². The van der Waals surface area contributed by atoms with Crippen LogP contribution in [-0.2, 0) is 4.79 Å². The maximum absolute atomic E-state index is 12.5. The van der Waals surface area contributed by atoms with Crippen LogP contribution in [0.5, 0.6) is 23.0 Å². The van der Waals surface area contributed by atoms with E-state index in [0.29, 0.717) is 35.2 Å². The third kappa shape index (κ3) is 6.01. The van der Waals surface area contributed by atoms with E-state index in [1.165, 1.54) is 11.0 Å². The molecule has 30 heavy (non-hydrogen) atoms. The van der Waals surface area contributed by atoms with Gasteiger partial charge in [-0.3, -0.25) is 9.59 Å². The van der Waals surface area contributed by atoms with Gasteiger partial charge in [0.1, 0.15) is 5.75 Å². The van der Waals surface area contributed by atoms with Crippen LogP contribution in [0.1, 0.15) is 22.8 Å². The molecule has 0 aliphatic heterocycles. The van der Waals surface area contributed by atoms with E-state index in [4.69, 9.17) is 18.9 Å². The Morgan fingerprint density at radius 3 is 2.07 bits per heavy atom. The fourth-order valence-electron chi connectivity index (χ4n) is 2.54. The van der Waals surface area contributed by atoms with Crippen molar-refractivity contribution < 1.29 is 28.5 Å². The van der Waals surface area contributed by atoms with Gasteiger partial charge in [-0.05, 0) is 55.0 Å². The van der Waals surface area contributed by atoms with Crippen molar-refractivity contribution in [1.29, 1.82) is 0 Å². The zero-order valence-electron chi connectivity index (χ0n) is 17.9. The number of carbonyl (C=O) groups excluding carboxylic acids is 2. The number of nitrogens with zero attached hydrogens (tertiary/aromatic N) is 1. The van der Waals surface area contributed by atoms with Crippen molar-refractivity contribution in [2.45, 2.75) is 6.92 Å². The molecule has 7 heteroatoms. The molecule has 0 aromatic heterocycles. The summed E-state index contributed by atoms with van der Waals surface area (Å²) < 4.78 is 21.7. The summed E-state index contributed by atoms with van der Waals surface area (Å²) in [5.74, 6) is 1.78. The molecule has 0 saturated heterocycles. The molecular formula is C23H27NO6. The predicted molar refractivity (Wildman–Crippen MR) is 115 cm³/mol. The van der Waals surface area contributed by atoms with Crippen molar-refractivity contribution in [3.05, 3.63) is 53.6 Å². The summed E-state index contributed by atoms with van der Waals surface area (Å²) in [7, 11) is 6.42. The maximum atomic E-state index is 12.5. The molecule has 0 spiro atoms. The Bertz CT molecular complexity index is 877. The second-order valence-corrected chi connectivity index (χ2v) is 6.49. The lowest BCUT2D eigenvalue weighted by molar-refractivity contribution is -0.130. The van der Waals surface area contributed by atoms with E-state index in [-0.39, 0.29) is 18.3 Å². The molecule has 0 radical (unpaired) electrons. The van der Waals surface area contributed by atoms with E-state index < -0.39 is 0 Å². The lowest BCUT2D eigenvalue weighted by Crippen LogP contribution is -2.27. The van der Waals surface area contributed by atoms with Crippen LogP contribution in [0.4, 0.5) is 0 Å². The molecule has 0 bridgehead atoms. The standard InChI is InChI=1S/C23H27NO6/c1-6-29-23-20(27-4)13-16(14-21(23)28-5)7-12-19(25)17-8-10-18(11-9-17)30-15-22(26)24(2)3/h7-14H,6,15H2,1-5H3/b12-7+. The van der Waals surface area contributed by atoms with E-state index >= 15 is 0 Å². The molecule has 0 heterocycles. The molecular weight excluding hydrogens is 386 g/mol. The third-order valence-electron chi connectivity index (χ3n) is 4.20. The SMILES string of the molecule is CCOc1c(OC)cc(/C=C/C(=O)c2ccc(OCC(=O)N(C)C)cc2)cc1OC. The molecule has 160 valence electrons. The van der Waals surface area contributed by atoms with E-state index in [9.17, 15) is 9.59 Å². The number of methoxy groups -OCH3 is 2. The van der Waals surface area contributed by atoms with Gasteiger partial charge in [0.05, 0.1) is 20.8 Å². The number of ether oxygens (including phenoxy) is 4. The lowest BCUT2D eigenvalue weighted by atomic mass is 10.1. The zero-order chi connectivity index (χ0) is 22.1. The predicted octanol–water partition coefficient (Wildman–Crippen LogP) is 3.47. The van der Waals surface area contributed by atoms with Crippen LogP contribution < -0.4 is 18.9 Å². The Hall–Kier alpha value is -3.48. The summed E-state index contributed by atoms with van der Waals surface area (Å²) in [5.41, 5.74) is 1.24. The second-order valence-electron chi connectivity index (χ2n) is 6.49. The summed E-state index contributed by atoms with van der Waals surface area (Å²) in [6, 6.07) is 10.2. The van der Waals surface area contributed by atoms with Crippen LogP contribution in [0.3, 0.4) is 0 Å². The van der Waals surface area contributed by atoms with Gasteiger partial charge >= 0.3 is 0 Å². The highest BCUT2D eigenvalue weighted by atomic mass is 16.5. The summed E-state index contributed by atoms with van der Waals surface area (Å²) in [5, 5.41) is 0. The summed E-state index contributed by atoms with van der Waals surface area (Å²) in [4.78, 5) is 25.5. The molecule has 2 aromatic carbocycles. The first-order valence-electron chi connectivity index (χ1n) is 9.43. The smallest absolute Gasteiger partial charge is 0.259 e. The van der Waals surface area contributed by atoms with Crippen LogP contribution in [-0.4, -0.2) is 58.1 Å². The molecule has 0 unspecified atom stereocenters. The van der Waals surface area contributed by atoms with Gasteiger partial charge in [0, 0.05) is 19.7 Å². The Morgan fingerprint density at radius 1 is 0.967 bits per heavy atom. The zero-order valence-corrected chi connectivity index (χ0v) is 17.9. The van der Waals surface area contributed by atoms with E-state index in [0.717, 1.165) is 5.56 Å². The van der Waals surface area contributed by atoms with Gasteiger partial charge in [-0.25, -0.2) is 0 Å². The number of rotatable bonds is 10. The molecule has 2 aromatic rings. The molecule has 0 aliphatic rings. The summed E-state index contributed by atoms with van der Waals surface area (Å²) in [6.07, 6.45) is 3.16. The molecule has 7 nitrogen and oxygen atoms in total. The number of allylic oxidation sites excluding steroid dienone is 1. The Morgan fingerprint density at radius 2 is 1.57 bits per heavy atom. The van der Waals surface area contributed by atoms with Crippen LogP contribution in [0.2, 0.25) is 0 Å². The maximum Gasteiger partial charge on any atom is 0.259 e. The van der Waals surface area contributed by atoms with Gasteiger partial charge in [-0.1, -0.05) is 6.08 Å². The highest BCUT2D eigenvalue weighted by molar-refractivity contribution is 6.06. The molecule has 0 saturated carbocycles. The quantitative estimate of drug-likeness (QED) is 0.439. The molecule has 1 amide bonds. The van der Waals surface area contributed by atoms with Crippen LogP contribution in [0, 0.1) is 0 Å². The summed E-state index contributed by atoms with van der Waals surface area (Å²) in [6.45, 7) is 2.30. The highest BCUT2D eigenvalue weighted by Gasteiger charge is 2.13. The summed E-state index contributed by atoms with van der Waals surface area (Å²) >= 11 is 0. The van der Waals surface area contributed by atoms with E-state index in [2.05, 4.69) is 0 Å². The Labute approximate surface area is 176 Å². The first kappa shape index (κ1) is 22.8. The van der Waals surface area contributed by atoms with Gasteiger partial charge in [-0.15, -0.1) is 0 Å². The van der Waals surface area contributed by atoms with Crippen LogP contribution in [0.15, 0.2) is 42.5 Å². The minimum Gasteiger partial charge on any atom is -0.493 e. The van der Waals surface area contributed by atoms with Gasteiger partial charge in [0.25, 0.3) is 5.91 Å². The average molecular weight is 413 g/mol. The number of benzene rings is 2. The van der Waals surface area contributed by atoms with Crippen LogP contribution in [0.25, 0.3) is 6.08 Å². The Balaban J connectivity index is 2.11. The number of ketones is 1. The monoisotopic (exact) mass is 413 g/mol. The third-order valence-corrected chi connectivity index (χ3v) is 4.20. The number of likely N-dealkylation sites (N-methyl/N-ethyl adjacent to an activating group) is 1. The fourth-order valence-corrected chi connectivity index (χ4v) is 2.54. The molecule has 0 atom stereocenters. The highest BCUT2D eigenvalue weighted by Crippen LogP contribution is 2.38. The first-order valence-corrected chi connectivity index (χ1v) is 9.43. The first-order chi connectivity index (χ1) is 14.4. The van der Waals surface area contributed by atoms with Crippen molar-refractivity contribution >= 4 is 17.8 Å². The lowest BCUT2D eigenvalue weighted by Gasteiger charge is -2.14. The topological polar surface area (TPSA) is 74.3 Å². The van der Waals surface area contributed by atoms with Crippen molar-refractivity contribution in [2.75, 3.05) is 41.5 Å². The number of carbonyl (C=O) groups is 2. The fraction of sp³-hybridized carbons (Fsp3) is 0.304. The normalized spacial score (nSPS) is 10.6. The number of hydrogen-bond donors (Lipinski definition) is 0. The van der Waals surface area contributed by atoms with Crippen molar-refractivity contribution in [3.8, 4) is 23.0 Å². The number of hydrogen-bond acceptors (Lipinski definition) is 6. The second kappa shape index (κ2) is 10.9. The van der Waals surface area contributed by atoms with Crippen molar-refractivity contribution in [2.24, 2.45) is 0 Å². The molecule has 0 fully saturated rings. The molecule has 0 N–H and O–H groups in total. The molecule has 0 aliphatic carbocycles. The van der Waals surface area contributed by atoms with Gasteiger partial charge in [0.2, 0.25) is 5.75 Å². The minimum atomic E-state index is -0.169.